The topological polar surface area (TPSA) is 55.4 Å². The number of nitrogens with one attached hydrogen (secondary N) is 1. The van der Waals surface area contributed by atoms with Crippen LogP contribution in [-0.2, 0) is 10.0 Å². The fourth-order valence-electron chi connectivity index (χ4n) is 1.51. The number of hydrogen-bond donors (Lipinski definition) is 1. The Morgan fingerprint density at radius 1 is 1.38 bits per heavy atom. The highest BCUT2D eigenvalue weighted by atomic mass is 32.2. The van der Waals surface area contributed by atoms with Crippen LogP contribution >= 0.6 is 0 Å². The summed E-state index contributed by atoms with van der Waals surface area (Å²) < 4.78 is 31.5. The van der Waals surface area contributed by atoms with E-state index in [-0.39, 0.29) is 6.04 Å². The average molecular weight is 241 g/mol. The van der Waals surface area contributed by atoms with Crippen molar-refractivity contribution in [3.8, 4) is 5.75 Å². The first-order chi connectivity index (χ1) is 7.53. The zero-order valence-electron chi connectivity index (χ0n) is 9.36. The zero-order valence-corrected chi connectivity index (χ0v) is 10.2. The van der Waals surface area contributed by atoms with Crippen LogP contribution in [0, 0.1) is 6.92 Å². The van der Waals surface area contributed by atoms with Crippen molar-refractivity contribution in [2.45, 2.75) is 30.7 Å². The minimum atomic E-state index is -3.35. The van der Waals surface area contributed by atoms with Gasteiger partial charge in [0, 0.05) is 6.04 Å². The molecule has 16 heavy (non-hydrogen) atoms. The molecule has 0 unspecified atom stereocenters. The maximum absolute atomic E-state index is 11.9. The monoisotopic (exact) mass is 241 g/mol. The van der Waals surface area contributed by atoms with Gasteiger partial charge in [0.2, 0.25) is 10.0 Å². The summed E-state index contributed by atoms with van der Waals surface area (Å²) in [6.45, 7) is 1.83. The molecule has 0 aliphatic heterocycles. The second kappa shape index (κ2) is 4.07. The number of sulfonamides is 1. The van der Waals surface area contributed by atoms with E-state index in [1.807, 2.05) is 6.92 Å². The normalized spacial score (nSPS) is 16.1. The predicted molar refractivity (Wildman–Crippen MR) is 61.1 cm³/mol. The van der Waals surface area contributed by atoms with Crippen molar-refractivity contribution in [3.63, 3.8) is 0 Å². The molecule has 0 amide bonds. The van der Waals surface area contributed by atoms with Gasteiger partial charge in [0.25, 0.3) is 0 Å². The van der Waals surface area contributed by atoms with Crippen molar-refractivity contribution in [1.29, 1.82) is 0 Å². The van der Waals surface area contributed by atoms with Crippen molar-refractivity contribution in [1.82, 2.24) is 4.72 Å². The lowest BCUT2D eigenvalue weighted by Gasteiger charge is -2.08. The van der Waals surface area contributed by atoms with Gasteiger partial charge in [-0.25, -0.2) is 13.1 Å². The summed E-state index contributed by atoms with van der Waals surface area (Å²) >= 11 is 0. The molecule has 0 spiro atoms. The molecule has 0 aromatic heterocycles. The molecule has 1 aromatic rings. The standard InChI is InChI=1S/C11H15NO3S/c1-8-7-10(5-6-11(8)15-2)16(13,14)12-9-3-4-9/h5-7,9,12H,3-4H2,1-2H3. The number of aryl methyl sites for hydroxylation is 1. The van der Waals surface area contributed by atoms with E-state index in [9.17, 15) is 8.42 Å². The second-order valence-corrected chi connectivity index (χ2v) is 5.74. The molecule has 0 heterocycles. The molecule has 1 aliphatic rings. The van der Waals surface area contributed by atoms with Crippen molar-refractivity contribution in [2.24, 2.45) is 0 Å². The quantitative estimate of drug-likeness (QED) is 0.868. The smallest absolute Gasteiger partial charge is 0.240 e. The number of benzene rings is 1. The van der Waals surface area contributed by atoms with Crippen molar-refractivity contribution in [3.05, 3.63) is 23.8 Å². The molecular weight excluding hydrogens is 226 g/mol. The SMILES string of the molecule is COc1ccc(S(=O)(=O)NC2CC2)cc1C. The molecule has 2 rings (SSSR count). The molecule has 1 aromatic carbocycles. The summed E-state index contributed by atoms with van der Waals surface area (Å²) in [4.78, 5) is 0.303. The first kappa shape index (κ1) is 11.4. The summed E-state index contributed by atoms with van der Waals surface area (Å²) in [6, 6.07) is 5.00. The number of hydrogen-bond acceptors (Lipinski definition) is 3. The van der Waals surface area contributed by atoms with Gasteiger partial charge in [-0.15, -0.1) is 0 Å². The maximum Gasteiger partial charge on any atom is 0.240 e. The Balaban J connectivity index is 2.29. The number of rotatable bonds is 4. The fourth-order valence-corrected chi connectivity index (χ4v) is 2.90. The first-order valence-electron chi connectivity index (χ1n) is 5.20. The highest BCUT2D eigenvalue weighted by molar-refractivity contribution is 7.89. The fraction of sp³-hybridized carbons (Fsp3) is 0.455. The van der Waals surface area contributed by atoms with Gasteiger partial charge in [0.05, 0.1) is 12.0 Å². The van der Waals surface area contributed by atoms with Crippen LogP contribution in [0.15, 0.2) is 23.1 Å². The van der Waals surface area contributed by atoms with Gasteiger partial charge in [-0.2, -0.15) is 0 Å². The van der Waals surface area contributed by atoms with Crippen molar-refractivity contribution < 1.29 is 13.2 Å². The molecule has 0 saturated heterocycles. The molecule has 1 saturated carbocycles. The van der Waals surface area contributed by atoms with E-state index >= 15 is 0 Å². The van der Waals surface area contributed by atoms with Crippen LogP contribution in [0.2, 0.25) is 0 Å². The molecule has 0 bridgehead atoms. The van der Waals surface area contributed by atoms with Crippen LogP contribution in [0.4, 0.5) is 0 Å². The van der Waals surface area contributed by atoms with Gasteiger partial charge in [0.1, 0.15) is 5.75 Å². The van der Waals surface area contributed by atoms with Crippen LogP contribution in [0.25, 0.3) is 0 Å². The average Bonchev–Trinajstić information content (AvgIpc) is 3.01. The molecule has 1 N–H and O–H groups in total. The van der Waals surface area contributed by atoms with Gasteiger partial charge in [-0.05, 0) is 43.5 Å². The van der Waals surface area contributed by atoms with Crippen LogP contribution < -0.4 is 9.46 Å². The third-order valence-corrected chi connectivity index (χ3v) is 4.09. The Bertz CT molecular complexity index is 492. The molecule has 5 heteroatoms. The molecular formula is C11H15NO3S. The third kappa shape index (κ3) is 2.36. The van der Waals surface area contributed by atoms with E-state index in [1.165, 1.54) is 0 Å². The van der Waals surface area contributed by atoms with E-state index in [1.54, 1.807) is 25.3 Å². The molecule has 1 aliphatic carbocycles. The molecule has 4 nitrogen and oxygen atoms in total. The van der Waals surface area contributed by atoms with E-state index in [0.29, 0.717) is 10.6 Å². The van der Waals surface area contributed by atoms with Gasteiger partial charge >= 0.3 is 0 Å². The van der Waals surface area contributed by atoms with Crippen LogP contribution in [0.5, 0.6) is 5.75 Å². The van der Waals surface area contributed by atoms with Gasteiger partial charge < -0.3 is 4.74 Å². The van der Waals surface area contributed by atoms with Crippen LogP contribution in [0.3, 0.4) is 0 Å². The summed E-state index contributed by atoms with van der Waals surface area (Å²) in [5.41, 5.74) is 0.821. The van der Waals surface area contributed by atoms with Gasteiger partial charge in [-0.3, -0.25) is 0 Å². The third-order valence-electron chi connectivity index (χ3n) is 2.58. The van der Waals surface area contributed by atoms with E-state index in [4.69, 9.17) is 4.74 Å². The molecule has 0 radical (unpaired) electrons. The first-order valence-corrected chi connectivity index (χ1v) is 6.68. The van der Waals surface area contributed by atoms with Crippen LogP contribution in [-0.4, -0.2) is 21.6 Å². The minimum Gasteiger partial charge on any atom is -0.496 e. The lowest BCUT2D eigenvalue weighted by molar-refractivity contribution is 0.411. The maximum atomic E-state index is 11.9. The summed E-state index contributed by atoms with van der Waals surface area (Å²) in [6.07, 6.45) is 1.88. The summed E-state index contributed by atoms with van der Waals surface area (Å²) in [5, 5.41) is 0. The number of ether oxygens (including phenoxy) is 1. The lowest BCUT2D eigenvalue weighted by atomic mass is 10.2. The highest BCUT2D eigenvalue weighted by Crippen LogP contribution is 2.25. The van der Waals surface area contributed by atoms with E-state index < -0.39 is 10.0 Å². The second-order valence-electron chi connectivity index (χ2n) is 4.03. The van der Waals surface area contributed by atoms with Crippen LogP contribution in [0.1, 0.15) is 18.4 Å². The Morgan fingerprint density at radius 3 is 2.56 bits per heavy atom. The number of methoxy groups -OCH3 is 1. The summed E-state index contributed by atoms with van der Waals surface area (Å²) in [5.74, 6) is 0.699. The minimum absolute atomic E-state index is 0.132. The largest absolute Gasteiger partial charge is 0.496 e. The Labute approximate surface area is 95.7 Å². The van der Waals surface area contributed by atoms with Gasteiger partial charge in [-0.1, -0.05) is 0 Å². The van der Waals surface area contributed by atoms with Crippen molar-refractivity contribution in [2.75, 3.05) is 7.11 Å². The zero-order chi connectivity index (χ0) is 11.8. The molecule has 1 fully saturated rings. The van der Waals surface area contributed by atoms with Crippen molar-refractivity contribution >= 4 is 10.0 Å². The predicted octanol–water partition coefficient (Wildman–Crippen LogP) is 1.44. The Hall–Kier alpha value is -1.07. The Kier molecular flexibility index (Phi) is 2.90. The molecule has 0 atom stereocenters. The van der Waals surface area contributed by atoms with E-state index in [0.717, 1.165) is 18.4 Å². The summed E-state index contributed by atoms with van der Waals surface area (Å²) in [7, 11) is -1.78. The lowest BCUT2D eigenvalue weighted by Crippen LogP contribution is -2.25. The van der Waals surface area contributed by atoms with Gasteiger partial charge in [0.15, 0.2) is 0 Å². The Morgan fingerprint density at radius 2 is 2.06 bits per heavy atom. The van der Waals surface area contributed by atoms with E-state index in [2.05, 4.69) is 4.72 Å². The molecule has 88 valence electrons. The highest BCUT2D eigenvalue weighted by Gasteiger charge is 2.28.